The molecule has 0 fully saturated rings. The summed E-state index contributed by atoms with van der Waals surface area (Å²) in [6.07, 6.45) is 2.36. The predicted molar refractivity (Wildman–Crippen MR) is 151 cm³/mol. The van der Waals surface area contributed by atoms with Crippen LogP contribution >= 0.6 is 0 Å². The number of nitrogens with one attached hydrogen (secondary N) is 1. The van der Waals surface area contributed by atoms with E-state index < -0.39 is 22.2 Å². The van der Waals surface area contributed by atoms with E-state index in [1.165, 1.54) is 17.1 Å². The van der Waals surface area contributed by atoms with Gasteiger partial charge in [-0.05, 0) is 43.8 Å². The van der Waals surface area contributed by atoms with Crippen LogP contribution in [-0.2, 0) is 23.6 Å². The van der Waals surface area contributed by atoms with E-state index in [4.69, 9.17) is 14.2 Å². The number of aliphatic hydroxyl groups excluding tert-OH is 1. The Morgan fingerprint density at radius 2 is 2.00 bits per heavy atom. The third-order valence-electron chi connectivity index (χ3n) is 7.27. The normalized spacial score (nSPS) is 19.4. The first kappa shape index (κ1) is 28.7. The molecule has 1 aromatic heterocycles. The number of para-hydroxylation sites is 1. The SMILES string of the molecule is C[C@H]1CN([C@@H](C)CO)C(=O)c2cccc(NS(=O)(=O)c3cn(C)cn3)c2O[C@H]1CN(C)Cc1ccc2c(c1)OCO2. The number of fused-ring (bicyclic) bond motifs is 2. The third-order valence-corrected chi connectivity index (χ3v) is 8.52. The second-order valence-corrected chi connectivity index (χ2v) is 12.3. The van der Waals surface area contributed by atoms with Crippen LogP contribution in [0.4, 0.5) is 5.69 Å². The second kappa shape index (κ2) is 11.6. The number of nitrogens with zero attached hydrogens (tertiary/aromatic N) is 4. The Balaban J connectivity index is 1.46. The van der Waals surface area contributed by atoms with Gasteiger partial charge in [0.2, 0.25) is 6.79 Å². The lowest BCUT2D eigenvalue weighted by Gasteiger charge is -2.38. The van der Waals surface area contributed by atoms with Gasteiger partial charge in [-0.15, -0.1) is 0 Å². The summed E-state index contributed by atoms with van der Waals surface area (Å²) >= 11 is 0. The van der Waals surface area contributed by atoms with Crippen molar-refractivity contribution in [2.45, 2.75) is 37.6 Å². The number of ether oxygens (including phenoxy) is 3. The fraction of sp³-hybridized carbons (Fsp3) is 0.429. The number of sulfonamides is 1. The molecule has 2 aliphatic heterocycles. The van der Waals surface area contributed by atoms with Crippen LogP contribution in [0, 0.1) is 5.92 Å². The molecule has 2 N–H and O–H groups in total. The molecule has 41 heavy (non-hydrogen) atoms. The monoisotopic (exact) mass is 585 g/mol. The second-order valence-electron chi connectivity index (χ2n) is 10.7. The first-order valence-corrected chi connectivity index (χ1v) is 14.8. The van der Waals surface area contributed by atoms with Crippen molar-refractivity contribution < 1.29 is 32.5 Å². The molecule has 0 saturated carbocycles. The molecule has 5 rings (SSSR count). The fourth-order valence-electron chi connectivity index (χ4n) is 4.99. The molecular weight excluding hydrogens is 550 g/mol. The van der Waals surface area contributed by atoms with Crippen molar-refractivity contribution >= 4 is 21.6 Å². The van der Waals surface area contributed by atoms with Gasteiger partial charge in [-0.3, -0.25) is 14.4 Å². The van der Waals surface area contributed by atoms with Crippen LogP contribution in [0.2, 0.25) is 0 Å². The van der Waals surface area contributed by atoms with E-state index >= 15 is 0 Å². The highest BCUT2D eigenvalue weighted by Crippen LogP contribution is 2.36. The smallest absolute Gasteiger partial charge is 0.281 e. The molecule has 3 atom stereocenters. The largest absolute Gasteiger partial charge is 0.486 e. The molecular formula is C28H35N5O7S. The molecule has 0 bridgehead atoms. The number of hydrogen-bond donors (Lipinski definition) is 2. The lowest BCUT2D eigenvalue weighted by molar-refractivity contribution is 0.0344. The number of likely N-dealkylation sites (N-methyl/N-ethyl adjacent to an activating group) is 1. The van der Waals surface area contributed by atoms with Crippen LogP contribution in [0.3, 0.4) is 0 Å². The van der Waals surface area contributed by atoms with Crippen molar-refractivity contribution in [1.29, 1.82) is 0 Å². The van der Waals surface area contributed by atoms with Gasteiger partial charge in [0.1, 0.15) is 6.10 Å². The van der Waals surface area contributed by atoms with Gasteiger partial charge in [-0.25, -0.2) is 4.98 Å². The number of anilines is 1. The predicted octanol–water partition coefficient (Wildman–Crippen LogP) is 2.30. The number of aryl methyl sites for hydroxylation is 1. The number of aliphatic hydroxyl groups is 1. The van der Waals surface area contributed by atoms with Gasteiger partial charge in [-0.2, -0.15) is 8.42 Å². The minimum Gasteiger partial charge on any atom is -0.486 e. The highest BCUT2D eigenvalue weighted by molar-refractivity contribution is 7.92. The van der Waals surface area contributed by atoms with Crippen molar-refractivity contribution in [1.82, 2.24) is 19.4 Å². The Hall–Kier alpha value is -3.81. The lowest BCUT2D eigenvalue weighted by atomic mass is 9.99. The topological polar surface area (TPSA) is 135 Å². The van der Waals surface area contributed by atoms with Gasteiger partial charge in [0.25, 0.3) is 15.9 Å². The average molecular weight is 586 g/mol. The zero-order valence-corrected chi connectivity index (χ0v) is 24.3. The number of imidazole rings is 1. The Morgan fingerprint density at radius 3 is 2.73 bits per heavy atom. The molecule has 3 aromatic rings. The van der Waals surface area contributed by atoms with Gasteiger partial charge < -0.3 is 28.8 Å². The molecule has 0 saturated heterocycles. The van der Waals surface area contributed by atoms with Crippen LogP contribution in [0.5, 0.6) is 17.2 Å². The quantitative estimate of drug-likeness (QED) is 0.388. The molecule has 2 aliphatic rings. The standard InChI is InChI=1S/C28H35N5O7S/c1-18-11-33(19(2)15-34)28(35)21-6-5-7-22(30-41(36,37)26-14-32(4)16-29-26)27(21)40-25(18)13-31(3)12-20-8-9-23-24(10-20)39-17-38-23/h5-10,14,16,18-19,25,30,34H,11-13,15,17H2,1-4H3/t18-,19-,25-/m0/s1. The van der Waals surface area contributed by atoms with E-state index in [0.29, 0.717) is 31.1 Å². The molecule has 2 aromatic carbocycles. The third kappa shape index (κ3) is 6.11. The van der Waals surface area contributed by atoms with Gasteiger partial charge in [0.15, 0.2) is 22.3 Å². The maximum absolute atomic E-state index is 13.7. The van der Waals surface area contributed by atoms with Crippen molar-refractivity contribution in [3.8, 4) is 17.2 Å². The first-order chi connectivity index (χ1) is 19.6. The van der Waals surface area contributed by atoms with E-state index in [1.807, 2.05) is 32.2 Å². The van der Waals surface area contributed by atoms with Crippen LogP contribution in [0.1, 0.15) is 29.8 Å². The molecule has 220 valence electrons. The lowest BCUT2D eigenvalue weighted by Crippen LogP contribution is -2.49. The van der Waals surface area contributed by atoms with E-state index in [2.05, 4.69) is 14.6 Å². The van der Waals surface area contributed by atoms with Crippen molar-refractivity contribution in [3.05, 3.63) is 60.0 Å². The molecule has 12 nitrogen and oxygen atoms in total. The van der Waals surface area contributed by atoms with E-state index in [-0.39, 0.29) is 47.3 Å². The number of carbonyl (C=O) groups excluding carboxylic acids is 1. The molecule has 1 amide bonds. The maximum atomic E-state index is 13.7. The summed E-state index contributed by atoms with van der Waals surface area (Å²) < 4.78 is 47.9. The minimum absolute atomic E-state index is 0.135. The van der Waals surface area contributed by atoms with Crippen molar-refractivity contribution in [2.24, 2.45) is 13.0 Å². The van der Waals surface area contributed by atoms with E-state index in [0.717, 1.165) is 5.56 Å². The number of amides is 1. The molecule has 3 heterocycles. The molecule has 0 spiro atoms. The number of carbonyl (C=O) groups is 1. The molecule has 0 aliphatic carbocycles. The van der Waals surface area contributed by atoms with Gasteiger partial charge in [0, 0.05) is 38.8 Å². The number of aromatic nitrogens is 2. The van der Waals surface area contributed by atoms with Crippen LogP contribution in [0.25, 0.3) is 0 Å². The van der Waals surface area contributed by atoms with E-state index in [9.17, 15) is 18.3 Å². The van der Waals surface area contributed by atoms with Crippen LogP contribution in [0.15, 0.2) is 53.9 Å². The highest BCUT2D eigenvalue weighted by Gasteiger charge is 2.35. The summed E-state index contributed by atoms with van der Waals surface area (Å²) in [6.45, 7) is 5.18. The summed E-state index contributed by atoms with van der Waals surface area (Å²) in [5, 5.41) is 9.77. The average Bonchev–Trinajstić information content (AvgIpc) is 3.59. The van der Waals surface area contributed by atoms with Crippen molar-refractivity contribution in [3.63, 3.8) is 0 Å². The first-order valence-electron chi connectivity index (χ1n) is 13.3. The van der Waals surface area contributed by atoms with Crippen LogP contribution < -0.4 is 18.9 Å². The Labute approximate surface area is 239 Å². The minimum atomic E-state index is -4.06. The zero-order valence-electron chi connectivity index (χ0n) is 23.5. The molecule has 0 radical (unpaired) electrons. The highest BCUT2D eigenvalue weighted by atomic mass is 32.2. The summed E-state index contributed by atoms with van der Waals surface area (Å²) in [5.41, 5.74) is 1.38. The fourth-order valence-corrected chi connectivity index (χ4v) is 6.03. The number of rotatable bonds is 9. The Bertz CT molecular complexity index is 1530. The number of hydrogen-bond acceptors (Lipinski definition) is 9. The zero-order chi connectivity index (χ0) is 29.3. The Kier molecular flexibility index (Phi) is 8.11. The van der Waals surface area contributed by atoms with E-state index in [1.54, 1.807) is 37.1 Å². The number of benzene rings is 2. The summed E-state index contributed by atoms with van der Waals surface area (Å²) in [4.78, 5) is 21.4. The summed E-state index contributed by atoms with van der Waals surface area (Å²) in [5.74, 6) is 1.06. The maximum Gasteiger partial charge on any atom is 0.281 e. The van der Waals surface area contributed by atoms with Gasteiger partial charge in [-0.1, -0.05) is 19.1 Å². The van der Waals surface area contributed by atoms with Crippen LogP contribution in [-0.4, -0.2) is 84.5 Å². The van der Waals surface area contributed by atoms with Crippen molar-refractivity contribution in [2.75, 3.05) is 38.3 Å². The molecule has 0 unspecified atom stereocenters. The molecule has 13 heteroatoms. The summed E-state index contributed by atoms with van der Waals surface area (Å²) in [7, 11) is -0.415. The Morgan fingerprint density at radius 1 is 1.22 bits per heavy atom. The van der Waals surface area contributed by atoms with Gasteiger partial charge >= 0.3 is 0 Å². The summed E-state index contributed by atoms with van der Waals surface area (Å²) in [6, 6.07) is 10.1. The van der Waals surface area contributed by atoms with Gasteiger partial charge in [0.05, 0.1) is 30.2 Å².